The van der Waals surface area contributed by atoms with Crippen molar-refractivity contribution in [1.82, 2.24) is 24.6 Å². The van der Waals surface area contributed by atoms with Crippen LogP contribution in [0.5, 0.6) is 0 Å². The number of rotatable bonds is 5. The lowest BCUT2D eigenvalue weighted by atomic mass is 10.3. The Balaban J connectivity index is 1.62. The number of aromatic nitrogens is 4. The van der Waals surface area contributed by atoms with Gasteiger partial charge in [0.25, 0.3) is 5.91 Å². The highest BCUT2D eigenvalue weighted by molar-refractivity contribution is 7.18. The fraction of sp³-hybridized carbons (Fsp3) is 0.200. The number of benzene rings is 2. The SMILES string of the molecule is CCc1nc(C(=O)N(C)Cc2nc3ccccc3s2)nn1-c1c(Cl)cccc1Cl. The first-order valence-corrected chi connectivity index (χ1v) is 10.6. The fourth-order valence-electron chi connectivity index (χ4n) is 2.97. The lowest BCUT2D eigenvalue weighted by Gasteiger charge is -2.13. The van der Waals surface area contributed by atoms with Gasteiger partial charge in [0.1, 0.15) is 16.5 Å². The molecule has 0 aliphatic rings. The molecule has 0 fully saturated rings. The second-order valence-corrected chi connectivity index (χ2v) is 8.35. The molecule has 0 radical (unpaired) electrons. The van der Waals surface area contributed by atoms with E-state index in [0.29, 0.717) is 34.5 Å². The fourth-order valence-corrected chi connectivity index (χ4v) is 4.55. The van der Waals surface area contributed by atoms with Crippen molar-refractivity contribution in [2.75, 3.05) is 7.05 Å². The quantitative estimate of drug-likeness (QED) is 0.432. The van der Waals surface area contributed by atoms with Gasteiger partial charge in [-0.05, 0) is 24.3 Å². The number of halogens is 2. The first kappa shape index (κ1) is 19.8. The molecule has 4 rings (SSSR count). The highest BCUT2D eigenvalue weighted by Gasteiger charge is 2.22. The molecule has 0 bridgehead atoms. The molecular formula is C20H17Cl2N5OS. The van der Waals surface area contributed by atoms with Crippen LogP contribution < -0.4 is 0 Å². The summed E-state index contributed by atoms with van der Waals surface area (Å²) in [6.45, 7) is 2.31. The third kappa shape index (κ3) is 3.85. The number of fused-ring (bicyclic) bond motifs is 1. The minimum Gasteiger partial charge on any atom is -0.332 e. The molecule has 0 unspecified atom stereocenters. The summed E-state index contributed by atoms with van der Waals surface area (Å²) in [5, 5.41) is 6.15. The maximum absolute atomic E-state index is 12.9. The Morgan fingerprint density at radius 1 is 1.10 bits per heavy atom. The molecule has 2 heterocycles. The second-order valence-electron chi connectivity index (χ2n) is 6.42. The maximum atomic E-state index is 12.9. The van der Waals surface area contributed by atoms with Crippen molar-refractivity contribution < 1.29 is 4.79 Å². The highest BCUT2D eigenvalue weighted by Crippen LogP contribution is 2.29. The molecule has 2 aromatic carbocycles. The molecule has 0 aliphatic carbocycles. The van der Waals surface area contributed by atoms with Crippen molar-refractivity contribution in [2.24, 2.45) is 0 Å². The van der Waals surface area contributed by atoms with Crippen molar-refractivity contribution in [1.29, 1.82) is 0 Å². The van der Waals surface area contributed by atoms with Gasteiger partial charge in [0.2, 0.25) is 5.82 Å². The van der Waals surface area contributed by atoms with E-state index in [1.807, 2.05) is 31.2 Å². The van der Waals surface area contributed by atoms with E-state index in [9.17, 15) is 4.79 Å². The molecule has 148 valence electrons. The third-order valence-electron chi connectivity index (χ3n) is 4.39. The smallest absolute Gasteiger partial charge is 0.293 e. The Morgan fingerprint density at radius 2 is 1.83 bits per heavy atom. The lowest BCUT2D eigenvalue weighted by molar-refractivity contribution is 0.0773. The summed E-state index contributed by atoms with van der Waals surface area (Å²) in [4.78, 5) is 23.5. The summed E-state index contributed by atoms with van der Waals surface area (Å²) in [7, 11) is 1.71. The van der Waals surface area contributed by atoms with E-state index in [1.54, 1.807) is 46.2 Å². The Labute approximate surface area is 181 Å². The van der Waals surface area contributed by atoms with Crippen LogP contribution in [0.3, 0.4) is 0 Å². The van der Waals surface area contributed by atoms with Crippen molar-refractivity contribution in [2.45, 2.75) is 19.9 Å². The van der Waals surface area contributed by atoms with Gasteiger partial charge in [-0.2, -0.15) is 0 Å². The van der Waals surface area contributed by atoms with Gasteiger partial charge in [0.05, 0.1) is 26.8 Å². The van der Waals surface area contributed by atoms with Crippen LogP contribution in [-0.2, 0) is 13.0 Å². The van der Waals surface area contributed by atoms with E-state index in [0.717, 1.165) is 15.2 Å². The molecule has 4 aromatic rings. The van der Waals surface area contributed by atoms with E-state index in [-0.39, 0.29) is 11.7 Å². The molecule has 29 heavy (non-hydrogen) atoms. The number of aryl methyl sites for hydroxylation is 1. The zero-order valence-electron chi connectivity index (χ0n) is 15.8. The van der Waals surface area contributed by atoms with Gasteiger partial charge in [-0.15, -0.1) is 16.4 Å². The number of carbonyl (C=O) groups is 1. The first-order chi connectivity index (χ1) is 14.0. The molecule has 9 heteroatoms. The van der Waals surface area contributed by atoms with Crippen LogP contribution in [0.2, 0.25) is 10.0 Å². The Kier molecular flexibility index (Phi) is 5.54. The molecule has 0 spiro atoms. The number of hydrogen-bond acceptors (Lipinski definition) is 5. The average molecular weight is 446 g/mol. The summed E-state index contributed by atoms with van der Waals surface area (Å²) in [6, 6.07) is 13.1. The number of carbonyl (C=O) groups excluding carboxylic acids is 1. The van der Waals surface area contributed by atoms with Crippen LogP contribution >= 0.6 is 34.5 Å². The van der Waals surface area contributed by atoms with Gasteiger partial charge in [-0.25, -0.2) is 14.6 Å². The van der Waals surface area contributed by atoms with Crippen LogP contribution in [-0.4, -0.2) is 37.6 Å². The topological polar surface area (TPSA) is 63.9 Å². The number of nitrogens with zero attached hydrogens (tertiary/aromatic N) is 5. The molecular weight excluding hydrogens is 429 g/mol. The molecule has 0 N–H and O–H groups in total. The molecule has 0 saturated carbocycles. The molecule has 0 saturated heterocycles. The Bertz CT molecular complexity index is 1150. The van der Waals surface area contributed by atoms with Crippen molar-refractivity contribution in [3.05, 3.63) is 69.2 Å². The van der Waals surface area contributed by atoms with Crippen molar-refractivity contribution >= 4 is 50.7 Å². The number of hydrogen-bond donors (Lipinski definition) is 0. The molecule has 6 nitrogen and oxygen atoms in total. The zero-order valence-corrected chi connectivity index (χ0v) is 18.1. The van der Waals surface area contributed by atoms with Crippen LogP contribution in [0, 0.1) is 0 Å². The number of amides is 1. The van der Waals surface area contributed by atoms with Gasteiger partial charge < -0.3 is 4.90 Å². The minimum atomic E-state index is -0.291. The van der Waals surface area contributed by atoms with E-state index in [4.69, 9.17) is 23.2 Å². The van der Waals surface area contributed by atoms with Crippen molar-refractivity contribution in [3.63, 3.8) is 0 Å². The van der Waals surface area contributed by atoms with Crippen LogP contribution in [0.25, 0.3) is 15.9 Å². The van der Waals surface area contributed by atoms with Gasteiger partial charge in [-0.3, -0.25) is 4.79 Å². The monoisotopic (exact) mass is 445 g/mol. The highest BCUT2D eigenvalue weighted by atomic mass is 35.5. The standard InChI is InChI=1S/C20H17Cl2N5OS/c1-3-16-24-19(25-27(16)18-12(21)7-6-8-13(18)22)20(28)26(2)11-17-23-14-9-4-5-10-15(14)29-17/h4-10H,3,11H2,1-2H3. The lowest BCUT2D eigenvalue weighted by Crippen LogP contribution is -2.27. The maximum Gasteiger partial charge on any atom is 0.293 e. The van der Waals surface area contributed by atoms with Crippen LogP contribution in [0.15, 0.2) is 42.5 Å². The van der Waals surface area contributed by atoms with Crippen LogP contribution in [0.1, 0.15) is 28.4 Å². The van der Waals surface area contributed by atoms with E-state index >= 15 is 0 Å². The van der Waals surface area contributed by atoms with E-state index < -0.39 is 0 Å². The number of thiazole rings is 1. The predicted octanol–water partition coefficient (Wildman–Crippen LogP) is 5.02. The van der Waals surface area contributed by atoms with Crippen molar-refractivity contribution in [3.8, 4) is 5.69 Å². The summed E-state index contributed by atoms with van der Waals surface area (Å²) in [5.74, 6) is 0.416. The summed E-state index contributed by atoms with van der Waals surface area (Å²) < 4.78 is 2.64. The number of para-hydroxylation sites is 2. The summed E-state index contributed by atoms with van der Waals surface area (Å²) >= 11 is 14.2. The van der Waals surface area contributed by atoms with E-state index in [2.05, 4.69) is 15.1 Å². The first-order valence-electron chi connectivity index (χ1n) is 8.98. The zero-order chi connectivity index (χ0) is 20.5. The normalized spacial score (nSPS) is 11.2. The Hall–Kier alpha value is -2.48. The molecule has 0 aliphatic heterocycles. The van der Waals surface area contributed by atoms with Crippen LogP contribution in [0.4, 0.5) is 0 Å². The third-order valence-corrected chi connectivity index (χ3v) is 6.02. The average Bonchev–Trinajstić information content (AvgIpc) is 3.30. The minimum absolute atomic E-state index is 0.0986. The predicted molar refractivity (Wildman–Crippen MR) is 116 cm³/mol. The summed E-state index contributed by atoms with van der Waals surface area (Å²) in [5.41, 5.74) is 1.45. The molecule has 2 aromatic heterocycles. The van der Waals surface area contributed by atoms with Gasteiger partial charge >= 0.3 is 0 Å². The largest absolute Gasteiger partial charge is 0.332 e. The molecule has 0 atom stereocenters. The van der Waals surface area contributed by atoms with E-state index in [1.165, 1.54) is 0 Å². The Morgan fingerprint density at radius 3 is 2.52 bits per heavy atom. The summed E-state index contributed by atoms with van der Waals surface area (Å²) in [6.07, 6.45) is 0.573. The van der Waals surface area contributed by atoms with Gasteiger partial charge in [0.15, 0.2) is 0 Å². The van der Waals surface area contributed by atoms with Gasteiger partial charge in [0, 0.05) is 13.5 Å². The second kappa shape index (κ2) is 8.10. The van der Waals surface area contributed by atoms with Gasteiger partial charge in [-0.1, -0.05) is 48.3 Å². The molecule has 1 amide bonds.